The molecule has 5 nitrogen and oxygen atoms in total. The van der Waals surface area contributed by atoms with E-state index in [-0.39, 0.29) is 17.5 Å². The highest BCUT2D eigenvalue weighted by Crippen LogP contribution is 2.16. The van der Waals surface area contributed by atoms with Crippen molar-refractivity contribution in [3.05, 3.63) is 41.4 Å². The summed E-state index contributed by atoms with van der Waals surface area (Å²) >= 11 is 0. The Bertz CT molecular complexity index is 580. The first-order chi connectivity index (χ1) is 8.60. The Labute approximate surface area is 103 Å². The van der Waals surface area contributed by atoms with Gasteiger partial charge in [-0.25, -0.2) is 4.39 Å². The maximum absolute atomic E-state index is 13.3. The third-order valence-corrected chi connectivity index (χ3v) is 2.35. The van der Waals surface area contributed by atoms with Gasteiger partial charge < -0.3 is 14.6 Å². The number of rotatable bonds is 3. The van der Waals surface area contributed by atoms with Gasteiger partial charge in [0.25, 0.3) is 11.8 Å². The van der Waals surface area contributed by atoms with Crippen molar-refractivity contribution in [2.24, 2.45) is 0 Å². The summed E-state index contributed by atoms with van der Waals surface area (Å²) in [6.45, 7) is 1.64. The van der Waals surface area contributed by atoms with Crippen LogP contribution in [0.25, 0.3) is 0 Å². The van der Waals surface area contributed by atoms with Crippen LogP contribution in [-0.2, 0) is 0 Å². The quantitative estimate of drug-likeness (QED) is 0.908. The predicted octanol–water partition coefficient (Wildman–Crippen LogP) is 2.38. The highest BCUT2D eigenvalue weighted by atomic mass is 19.1. The molecule has 2 rings (SSSR count). The molecule has 0 aliphatic heterocycles. The fourth-order valence-corrected chi connectivity index (χ4v) is 1.33. The lowest BCUT2D eigenvalue weighted by Crippen LogP contribution is -2.11. The molecule has 94 valence electrons. The molecule has 1 N–H and O–H groups in total. The molecular weight excluding hydrogens is 239 g/mol. The lowest BCUT2D eigenvalue weighted by molar-refractivity contribution is 0.0987. The van der Waals surface area contributed by atoms with Gasteiger partial charge in [-0.2, -0.15) is 0 Å². The molecule has 0 atom stereocenters. The van der Waals surface area contributed by atoms with Gasteiger partial charge in [-0.05, 0) is 29.8 Å². The van der Waals surface area contributed by atoms with E-state index in [1.54, 1.807) is 19.1 Å². The van der Waals surface area contributed by atoms with E-state index in [1.807, 2.05) is 0 Å². The lowest BCUT2D eigenvalue weighted by atomic mass is 10.2. The van der Waals surface area contributed by atoms with E-state index in [0.29, 0.717) is 11.3 Å². The van der Waals surface area contributed by atoms with Crippen molar-refractivity contribution in [1.82, 2.24) is 5.16 Å². The normalized spacial score (nSPS) is 10.2. The number of nitrogens with zero attached hydrogens (tertiary/aromatic N) is 1. The first-order valence-corrected chi connectivity index (χ1v) is 5.18. The van der Waals surface area contributed by atoms with Gasteiger partial charge in [-0.3, -0.25) is 4.79 Å². The van der Waals surface area contributed by atoms with E-state index < -0.39 is 5.91 Å². The van der Waals surface area contributed by atoms with Crippen molar-refractivity contribution in [2.75, 3.05) is 12.4 Å². The summed E-state index contributed by atoms with van der Waals surface area (Å²) in [4.78, 5) is 11.7. The summed E-state index contributed by atoms with van der Waals surface area (Å²) in [5, 5.41) is 5.99. The van der Waals surface area contributed by atoms with Crippen LogP contribution in [0.5, 0.6) is 5.88 Å². The van der Waals surface area contributed by atoms with Crippen molar-refractivity contribution in [3.63, 3.8) is 0 Å². The number of hydrogen-bond donors (Lipinski definition) is 1. The van der Waals surface area contributed by atoms with Gasteiger partial charge in [0, 0.05) is 5.69 Å². The second-order valence-corrected chi connectivity index (χ2v) is 3.65. The molecule has 0 saturated carbocycles. The van der Waals surface area contributed by atoms with Crippen LogP contribution in [0.4, 0.5) is 10.1 Å². The highest BCUT2D eigenvalue weighted by Gasteiger charge is 2.13. The summed E-state index contributed by atoms with van der Waals surface area (Å²) in [7, 11) is 1.41. The van der Waals surface area contributed by atoms with Gasteiger partial charge in [0.2, 0.25) is 5.76 Å². The standard InChI is InChI=1S/C12H11FN2O3/c1-7-3-4-8(5-9(7)13)14-12(16)10-6-11(17-2)15-18-10/h3-6H,1-2H3,(H,14,16). The number of carbonyl (C=O) groups is 1. The first kappa shape index (κ1) is 12.1. The summed E-state index contributed by atoms with van der Waals surface area (Å²) in [5.74, 6) is -0.708. The average molecular weight is 250 g/mol. The number of benzene rings is 1. The number of halogens is 1. The molecule has 2 aromatic rings. The number of aromatic nitrogens is 1. The molecule has 0 radical (unpaired) electrons. The van der Waals surface area contributed by atoms with Crippen LogP contribution in [0.1, 0.15) is 16.1 Å². The summed E-state index contributed by atoms with van der Waals surface area (Å²) in [6, 6.07) is 5.76. The predicted molar refractivity (Wildman–Crippen MR) is 62.1 cm³/mol. The van der Waals surface area contributed by atoms with E-state index >= 15 is 0 Å². The molecule has 6 heteroatoms. The number of nitrogens with one attached hydrogen (secondary N) is 1. The molecule has 0 spiro atoms. The summed E-state index contributed by atoms with van der Waals surface area (Å²) in [5.41, 5.74) is 0.854. The van der Waals surface area contributed by atoms with Gasteiger partial charge in [0.05, 0.1) is 13.2 Å². The first-order valence-electron chi connectivity index (χ1n) is 5.18. The van der Waals surface area contributed by atoms with Crippen LogP contribution in [0, 0.1) is 12.7 Å². The molecule has 1 aromatic heterocycles. The fraction of sp³-hybridized carbons (Fsp3) is 0.167. The number of anilines is 1. The van der Waals surface area contributed by atoms with Crippen LogP contribution < -0.4 is 10.1 Å². The smallest absolute Gasteiger partial charge is 0.294 e. The number of methoxy groups -OCH3 is 1. The Morgan fingerprint density at radius 1 is 1.44 bits per heavy atom. The Kier molecular flexibility index (Phi) is 3.27. The van der Waals surface area contributed by atoms with Crippen LogP contribution in [0.3, 0.4) is 0 Å². The molecule has 18 heavy (non-hydrogen) atoms. The zero-order valence-corrected chi connectivity index (χ0v) is 9.86. The van der Waals surface area contributed by atoms with E-state index in [0.717, 1.165) is 0 Å². The number of aryl methyl sites for hydroxylation is 1. The molecule has 0 fully saturated rings. The zero-order chi connectivity index (χ0) is 13.1. The minimum Gasteiger partial charge on any atom is -0.479 e. The minimum absolute atomic E-state index is 0.00664. The monoisotopic (exact) mass is 250 g/mol. The van der Waals surface area contributed by atoms with Gasteiger partial charge in [-0.1, -0.05) is 6.07 Å². The Morgan fingerprint density at radius 3 is 2.83 bits per heavy atom. The Morgan fingerprint density at radius 2 is 2.22 bits per heavy atom. The molecular formula is C12H11FN2O3. The van der Waals surface area contributed by atoms with Gasteiger partial charge in [0.15, 0.2) is 0 Å². The van der Waals surface area contributed by atoms with Crippen molar-refractivity contribution >= 4 is 11.6 Å². The van der Waals surface area contributed by atoms with E-state index in [4.69, 9.17) is 9.26 Å². The number of hydrogen-bond acceptors (Lipinski definition) is 4. The molecule has 0 bridgehead atoms. The third-order valence-electron chi connectivity index (χ3n) is 2.35. The number of amides is 1. The number of carbonyl (C=O) groups excluding carboxylic acids is 1. The third kappa shape index (κ3) is 2.48. The Balaban J connectivity index is 2.13. The minimum atomic E-state index is -0.519. The van der Waals surface area contributed by atoms with Crippen LogP contribution in [0.15, 0.2) is 28.8 Å². The maximum atomic E-state index is 13.3. The molecule has 1 aromatic carbocycles. The molecule has 1 amide bonds. The molecule has 1 heterocycles. The molecule has 0 unspecified atom stereocenters. The van der Waals surface area contributed by atoms with Crippen molar-refractivity contribution in [2.45, 2.75) is 6.92 Å². The van der Waals surface area contributed by atoms with Crippen LogP contribution in [-0.4, -0.2) is 18.2 Å². The topological polar surface area (TPSA) is 64.4 Å². The van der Waals surface area contributed by atoms with Gasteiger partial charge in [0.1, 0.15) is 5.82 Å². The second-order valence-electron chi connectivity index (χ2n) is 3.65. The van der Waals surface area contributed by atoms with E-state index in [9.17, 15) is 9.18 Å². The highest BCUT2D eigenvalue weighted by molar-refractivity contribution is 6.02. The summed E-state index contributed by atoms with van der Waals surface area (Å²) in [6.07, 6.45) is 0. The SMILES string of the molecule is COc1cc(C(=O)Nc2ccc(C)c(F)c2)on1. The van der Waals surface area contributed by atoms with Gasteiger partial charge in [-0.15, -0.1) is 0 Å². The summed E-state index contributed by atoms with van der Waals surface area (Å²) < 4.78 is 22.8. The molecule has 0 aliphatic carbocycles. The van der Waals surface area contributed by atoms with Gasteiger partial charge >= 0.3 is 0 Å². The van der Waals surface area contributed by atoms with Crippen molar-refractivity contribution in [1.29, 1.82) is 0 Å². The second kappa shape index (κ2) is 4.87. The van der Waals surface area contributed by atoms with Crippen molar-refractivity contribution in [3.8, 4) is 5.88 Å². The van der Waals surface area contributed by atoms with Crippen LogP contribution >= 0.6 is 0 Å². The average Bonchev–Trinajstić information content (AvgIpc) is 2.82. The molecule has 0 saturated heterocycles. The molecule has 0 aliphatic rings. The van der Waals surface area contributed by atoms with Crippen LogP contribution in [0.2, 0.25) is 0 Å². The Hall–Kier alpha value is -2.37. The maximum Gasteiger partial charge on any atom is 0.294 e. The zero-order valence-electron chi connectivity index (χ0n) is 9.86. The van der Waals surface area contributed by atoms with Crippen molar-refractivity contribution < 1.29 is 18.4 Å². The number of ether oxygens (including phenoxy) is 1. The van der Waals surface area contributed by atoms with E-state index in [1.165, 1.54) is 19.2 Å². The van der Waals surface area contributed by atoms with E-state index in [2.05, 4.69) is 10.5 Å². The largest absolute Gasteiger partial charge is 0.479 e. The fourth-order valence-electron chi connectivity index (χ4n) is 1.33. The lowest BCUT2D eigenvalue weighted by Gasteiger charge is -2.03.